The Morgan fingerprint density at radius 1 is 1.00 bits per heavy atom. The van der Waals surface area contributed by atoms with Crippen molar-refractivity contribution in [1.82, 2.24) is 24.3 Å². The minimum absolute atomic E-state index is 0.283. The van der Waals surface area contributed by atoms with E-state index in [1.165, 1.54) is 12.1 Å². The van der Waals surface area contributed by atoms with Crippen LogP contribution in [0.1, 0.15) is 5.56 Å². The molecule has 1 N–H and O–H groups in total. The van der Waals surface area contributed by atoms with Gasteiger partial charge in [-0.2, -0.15) is 0 Å². The first-order valence-corrected chi connectivity index (χ1v) is 9.21. The van der Waals surface area contributed by atoms with Gasteiger partial charge in [-0.3, -0.25) is 9.36 Å². The third-order valence-corrected chi connectivity index (χ3v) is 5.38. The molecular formula is C22H14FN5O. The molecule has 0 amide bonds. The van der Waals surface area contributed by atoms with E-state index in [4.69, 9.17) is 0 Å². The maximum Gasteiger partial charge on any atom is 0.200 e. The molecule has 140 valence electrons. The normalized spacial score (nSPS) is 12.3. The summed E-state index contributed by atoms with van der Waals surface area (Å²) >= 11 is 0. The topological polar surface area (TPSA) is 68.5 Å². The molecule has 0 bridgehead atoms. The van der Waals surface area contributed by atoms with Gasteiger partial charge in [0.25, 0.3) is 0 Å². The van der Waals surface area contributed by atoms with Gasteiger partial charge >= 0.3 is 0 Å². The lowest BCUT2D eigenvalue weighted by molar-refractivity contribution is 0.629. The Bertz CT molecular complexity index is 1480. The Morgan fingerprint density at radius 2 is 1.86 bits per heavy atom. The maximum absolute atomic E-state index is 13.8. The van der Waals surface area contributed by atoms with E-state index in [2.05, 4.69) is 25.8 Å². The van der Waals surface area contributed by atoms with Crippen LogP contribution in [-0.4, -0.2) is 24.3 Å². The Labute approximate surface area is 163 Å². The van der Waals surface area contributed by atoms with Gasteiger partial charge < -0.3 is 9.55 Å². The van der Waals surface area contributed by atoms with Crippen molar-refractivity contribution in [1.29, 1.82) is 0 Å². The van der Waals surface area contributed by atoms with E-state index >= 15 is 0 Å². The van der Waals surface area contributed by atoms with Crippen LogP contribution in [-0.2, 0) is 6.54 Å². The van der Waals surface area contributed by atoms with Gasteiger partial charge in [0, 0.05) is 29.8 Å². The van der Waals surface area contributed by atoms with Gasteiger partial charge in [0.1, 0.15) is 5.82 Å². The summed E-state index contributed by atoms with van der Waals surface area (Å²) in [5, 5.41) is 9.06. The molecule has 2 aromatic carbocycles. The zero-order valence-electron chi connectivity index (χ0n) is 15.1. The molecule has 0 fully saturated rings. The number of fused-ring (bicyclic) bond motifs is 6. The van der Waals surface area contributed by atoms with Crippen LogP contribution < -0.4 is 5.43 Å². The molecule has 1 aliphatic rings. The predicted molar refractivity (Wildman–Crippen MR) is 107 cm³/mol. The van der Waals surface area contributed by atoms with Gasteiger partial charge in [-0.1, -0.05) is 18.2 Å². The first-order valence-electron chi connectivity index (χ1n) is 9.21. The number of para-hydroxylation sites is 1. The summed E-state index contributed by atoms with van der Waals surface area (Å²) < 4.78 is 17.8. The van der Waals surface area contributed by atoms with Crippen molar-refractivity contribution in [2.45, 2.75) is 6.54 Å². The second-order valence-corrected chi connectivity index (χ2v) is 7.05. The molecule has 0 atom stereocenters. The van der Waals surface area contributed by atoms with E-state index in [1.54, 1.807) is 12.3 Å². The number of H-pyrrole nitrogens is 1. The smallest absolute Gasteiger partial charge is 0.200 e. The Balaban J connectivity index is 1.70. The number of aromatic amines is 1. The molecular weight excluding hydrogens is 369 g/mol. The second-order valence-electron chi connectivity index (χ2n) is 7.05. The van der Waals surface area contributed by atoms with Crippen molar-refractivity contribution in [3.05, 3.63) is 88.6 Å². The van der Waals surface area contributed by atoms with Gasteiger partial charge in [-0.25, -0.2) is 4.39 Å². The van der Waals surface area contributed by atoms with E-state index in [1.807, 2.05) is 41.1 Å². The van der Waals surface area contributed by atoms with Crippen molar-refractivity contribution in [2.75, 3.05) is 0 Å². The van der Waals surface area contributed by atoms with Gasteiger partial charge in [-0.15, -0.1) is 10.2 Å². The number of rotatable bonds is 1. The molecule has 6 rings (SSSR count). The highest BCUT2D eigenvalue weighted by molar-refractivity contribution is 5.83. The number of halogens is 1. The maximum atomic E-state index is 13.8. The summed E-state index contributed by atoms with van der Waals surface area (Å²) in [5.74, 6) is 0.631. The molecule has 1 aliphatic heterocycles. The highest BCUT2D eigenvalue weighted by Gasteiger charge is 2.25. The summed E-state index contributed by atoms with van der Waals surface area (Å²) in [4.78, 5) is 16.3. The Hall–Kier alpha value is -4.00. The van der Waals surface area contributed by atoms with Crippen LogP contribution in [0.4, 0.5) is 4.39 Å². The summed E-state index contributed by atoms with van der Waals surface area (Å²) in [6.45, 7) is 0.695. The quantitative estimate of drug-likeness (QED) is 0.470. The fourth-order valence-corrected chi connectivity index (χ4v) is 4.01. The van der Waals surface area contributed by atoms with Crippen LogP contribution in [0.2, 0.25) is 0 Å². The van der Waals surface area contributed by atoms with E-state index in [9.17, 15) is 9.18 Å². The third-order valence-electron chi connectivity index (χ3n) is 5.38. The summed E-state index contributed by atoms with van der Waals surface area (Å²) in [6, 6.07) is 16.1. The average molecular weight is 383 g/mol. The van der Waals surface area contributed by atoms with Crippen molar-refractivity contribution >= 4 is 10.9 Å². The molecule has 0 unspecified atom stereocenters. The van der Waals surface area contributed by atoms with E-state index < -0.39 is 5.82 Å². The zero-order valence-corrected chi connectivity index (χ0v) is 15.1. The lowest BCUT2D eigenvalue weighted by Crippen LogP contribution is -2.11. The lowest BCUT2D eigenvalue weighted by Gasteiger charge is -2.11. The molecule has 6 nitrogen and oxygen atoms in total. The largest absolute Gasteiger partial charge is 0.360 e. The van der Waals surface area contributed by atoms with Crippen LogP contribution in [0, 0.1) is 5.82 Å². The molecule has 7 heteroatoms. The molecule has 5 aromatic rings. The predicted octanol–water partition coefficient (Wildman–Crippen LogP) is 3.75. The minimum atomic E-state index is -0.455. The fraction of sp³-hybridized carbons (Fsp3) is 0.0455. The highest BCUT2D eigenvalue weighted by Crippen LogP contribution is 2.33. The highest BCUT2D eigenvalue weighted by atomic mass is 19.1. The van der Waals surface area contributed by atoms with Crippen LogP contribution in [0.25, 0.3) is 39.5 Å². The van der Waals surface area contributed by atoms with Gasteiger partial charge in [0.2, 0.25) is 5.43 Å². The molecule has 0 aliphatic carbocycles. The van der Waals surface area contributed by atoms with E-state index in [0.717, 1.165) is 16.9 Å². The third kappa shape index (κ3) is 2.24. The van der Waals surface area contributed by atoms with Gasteiger partial charge in [0.05, 0.1) is 16.9 Å². The average Bonchev–Trinajstić information content (AvgIpc) is 3.33. The van der Waals surface area contributed by atoms with Crippen molar-refractivity contribution in [3.8, 4) is 28.6 Å². The van der Waals surface area contributed by atoms with Gasteiger partial charge in [-0.05, 0) is 42.0 Å². The minimum Gasteiger partial charge on any atom is -0.360 e. The van der Waals surface area contributed by atoms with E-state index in [-0.39, 0.29) is 10.8 Å². The number of pyridine rings is 1. The van der Waals surface area contributed by atoms with Crippen molar-refractivity contribution in [3.63, 3.8) is 0 Å². The molecule has 0 saturated heterocycles. The summed E-state index contributed by atoms with van der Waals surface area (Å²) in [5.41, 5.74) is 3.56. The number of aromatic nitrogens is 5. The molecule has 4 heterocycles. The van der Waals surface area contributed by atoms with Crippen molar-refractivity contribution < 1.29 is 4.39 Å². The number of nitrogens with one attached hydrogen (secondary N) is 1. The summed E-state index contributed by atoms with van der Waals surface area (Å²) in [6.07, 6.45) is 3.62. The first kappa shape index (κ1) is 16.0. The lowest BCUT2D eigenvalue weighted by atomic mass is 10.1. The van der Waals surface area contributed by atoms with Crippen molar-refractivity contribution in [2.24, 2.45) is 0 Å². The number of benzene rings is 2. The fourth-order valence-electron chi connectivity index (χ4n) is 4.01. The summed E-state index contributed by atoms with van der Waals surface area (Å²) in [7, 11) is 0. The Morgan fingerprint density at radius 3 is 2.79 bits per heavy atom. The number of nitrogens with zero attached hydrogens (tertiary/aromatic N) is 4. The first-order chi connectivity index (χ1) is 14.2. The molecule has 0 radical (unpaired) electrons. The monoisotopic (exact) mass is 383 g/mol. The van der Waals surface area contributed by atoms with Crippen LogP contribution in [0.5, 0.6) is 0 Å². The SMILES string of the molecule is O=c1c(-c2nnc3n2-c2ccccc2Cn2cccc2-3)c[nH]c2ccc(F)cc12. The van der Waals surface area contributed by atoms with E-state index in [0.29, 0.717) is 29.3 Å². The van der Waals surface area contributed by atoms with Crippen LogP contribution in [0.15, 0.2) is 71.8 Å². The number of hydrogen-bond acceptors (Lipinski definition) is 3. The molecule has 3 aromatic heterocycles. The molecule has 29 heavy (non-hydrogen) atoms. The van der Waals surface area contributed by atoms with Gasteiger partial charge in [0.15, 0.2) is 11.6 Å². The molecule has 0 spiro atoms. The number of hydrogen-bond donors (Lipinski definition) is 1. The van der Waals surface area contributed by atoms with Crippen LogP contribution >= 0.6 is 0 Å². The standard InChI is InChI=1S/C22H14FN5O/c23-14-7-8-17-15(10-14)20(29)16(11-24-17)21-25-26-22-19-6-3-9-27(19)12-13-4-1-2-5-18(13)28(21)22/h1-11H,12H2,(H,24,29). The zero-order chi connectivity index (χ0) is 19.5. The van der Waals surface area contributed by atoms with Crippen LogP contribution in [0.3, 0.4) is 0 Å². The Kier molecular flexibility index (Phi) is 3.17. The molecule has 0 saturated carbocycles. The second kappa shape index (κ2) is 5.75.